The second kappa shape index (κ2) is 4.63. The molecule has 1 N–H and O–H groups in total. The van der Waals surface area contributed by atoms with Gasteiger partial charge in [-0.2, -0.15) is 0 Å². The molecule has 5 atom stereocenters. The van der Waals surface area contributed by atoms with E-state index in [2.05, 4.69) is 17.1 Å². The van der Waals surface area contributed by atoms with Gasteiger partial charge in [-0.05, 0) is 51.1 Å². The largest absolute Gasteiger partial charge is 0.378 e. The monoisotopic (exact) mass is 224 g/mol. The maximum absolute atomic E-state index is 5.62. The third-order valence-electron chi connectivity index (χ3n) is 4.81. The quantitative estimate of drug-likeness (QED) is 0.777. The highest BCUT2D eigenvalue weighted by atomic mass is 16.5. The van der Waals surface area contributed by atoms with E-state index in [-0.39, 0.29) is 0 Å². The first kappa shape index (κ1) is 11.0. The minimum absolute atomic E-state index is 0.469. The van der Waals surface area contributed by atoms with Crippen LogP contribution in [0.3, 0.4) is 0 Å². The van der Waals surface area contributed by atoms with Crippen LogP contribution in [0.25, 0.3) is 0 Å². The number of nitrogens with one attached hydrogen (secondary N) is 1. The fourth-order valence-electron chi connectivity index (χ4n) is 3.57. The lowest BCUT2D eigenvalue weighted by Crippen LogP contribution is -2.45. The summed E-state index contributed by atoms with van der Waals surface area (Å²) in [5, 5.41) is 3.81. The van der Waals surface area contributed by atoms with Crippen LogP contribution in [-0.2, 0) is 4.74 Å². The SMILES string of the molecule is CC1OCCC1CNC1CCN2CCC1C2. The van der Waals surface area contributed by atoms with Crippen molar-refractivity contribution in [2.45, 2.75) is 38.3 Å². The van der Waals surface area contributed by atoms with Gasteiger partial charge in [-0.25, -0.2) is 0 Å². The average Bonchev–Trinajstić information content (AvgIpc) is 2.86. The van der Waals surface area contributed by atoms with Crippen molar-refractivity contribution in [1.29, 1.82) is 0 Å². The predicted molar refractivity (Wildman–Crippen MR) is 64.5 cm³/mol. The van der Waals surface area contributed by atoms with E-state index in [1.807, 2.05) is 0 Å². The van der Waals surface area contributed by atoms with Crippen molar-refractivity contribution in [1.82, 2.24) is 10.2 Å². The Morgan fingerprint density at radius 1 is 1.25 bits per heavy atom. The van der Waals surface area contributed by atoms with Gasteiger partial charge in [0.05, 0.1) is 6.10 Å². The summed E-state index contributed by atoms with van der Waals surface area (Å²) in [6, 6.07) is 0.784. The molecular formula is C13H24N2O. The molecule has 3 heteroatoms. The van der Waals surface area contributed by atoms with Crippen molar-refractivity contribution in [3.05, 3.63) is 0 Å². The van der Waals surface area contributed by atoms with Crippen molar-refractivity contribution < 1.29 is 4.74 Å². The maximum Gasteiger partial charge on any atom is 0.0588 e. The van der Waals surface area contributed by atoms with Crippen molar-refractivity contribution in [3.8, 4) is 0 Å². The highest BCUT2D eigenvalue weighted by Crippen LogP contribution is 2.28. The summed E-state index contributed by atoms with van der Waals surface area (Å²) in [4.78, 5) is 2.62. The van der Waals surface area contributed by atoms with Gasteiger partial charge in [0, 0.05) is 25.7 Å². The van der Waals surface area contributed by atoms with Gasteiger partial charge < -0.3 is 15.0 Å². The molecule has 2 bridgehead atoms. The Morgan fingerprint density at radius 2 is 2.12 bits per heavy atom. The van der Waals surface area contributed by atoms with E-state index in [0.29, 0.717) is 6.10 Å². The zero-order valence-electron chi connectivity index (χ0n) is 10.3. The molecule has 3 nitrogen and oxygen atoms in total. The first-order valence-corrected chi connectivity index (χ1v) is 6.90. The standard InChI is InChI=1S/C13H24N2O/c1-10-11(4-7-16-10)8-14-13-3-6-15-5-2-12(13)9-15/h10-14H,2-9H2,1H3. The van der Waals surface area contributed by atoms with Gasteiger partial charge in [-0.15, -0.1) is 0 Å². The number of rotatable bonds is 3. The number of fused-ring (bicyclic) bond motifs is 2. The van der Waals surface area contributed by atoms with Crippen LogP contribution >= 0.6 is 0 Å². The second-order valence-corrected chi connectivity index (χ2v) is 5.78. The Labute approximate surface area is 98.5 Å². The van der Waals surface area contributed by atoms with Crippen LogP contribution in [0, 0.1) is 11.8 Å². The summed E-state index contributed by atoms with van der Waals surface area (Å²) in [6.45, 7) is 8.35. The molecule has 5 unspecified atom stereocenters. The highest BCUT2D eigenvalue weighted by molar-refractivity contribution is 4.91. The second-order valence-electron chi connectivity index (χ2n) is 5.78. The Bertz CT molecular complexity index is 246. The van der Waals surface area contributed by atoms with Gasteiger partial charge in [0.25, 0.3) is 0 Å². The lowest BCUT2D eigenvalue weighted by molar-refractivity contribution is 0.103. The van der Waals surface area contributed by atoms with Crippen LogP contribution in [0.1, 0.15) is 26.2 Å². The van der Waals surface area contributed by atoms with Crippen molar-refractivity contribution in [3.63, 3.8) is 0 Å². The summed E-state index contributed by atoms with van der Waals surface area (Å²) in [5.74, 6) is 1.67. The van der Waals surface area contributed by atoms with Gasteiger partial charge in [0.1, 0.15) is 0 Å². The number of ether oxygens (including phenoxy) is 1. The van der Waals surface area contributed by atoms with E-state index in [0.717, 1.165) is 24.5 Å². The minimum Gasteiger partial charge on any atom is -0.378 e. The molecule has 0 spiro atoms. The Kier molecular flexibility index (Phi) is 3.18. The molecule has 3 saturated heterocycles. The molecule has 0 saturated carbocycles. The number of hydrogen-bond donors (Lipinski definition) is 1. The number of nitrogens with zero attached hydrogens (tertiary/aromatic N) is 1. The van der Waals surface area contributed by atoms with Crippen LogP contribution < -0.4 is 5.32 Å². The smallest absolute Gasteiger partial charge is 0.0588 e. The third kappa shape index (κ3) is 2.13. The Hall–Kier alpha value is -0.120. The van der Waals surface area contributed by atoms with E-state index < -0.39 is 0 Å². The Morgan fingerprint density at radius 3 is 2.94 bits per heavy atom. The van der Waals surface area contributed by atoms with Crippen molar-refractivity contribution in [2.75, 3.05) is 32.8 Å². The third-order valence-corrected chi connectivity index (χ3v) is 4.81. The maximum atomic E-state index is 5.62. The van der Waals surface area contributed by atoms with Gasteiger partial charge >= 0.3 is 0 Å². The lowest BCUT2D eigenvalue weighted by Gasteiger charge is -2.32. The molecule has 3 fully saturated rings. The molecule has 0 aliphatic carbocycles. The number of piperidine rings is 1. The van der Waals surface area contributed by atoms with E-state index in [9.17, 15) is 0 Å². The fourth-order valence-corrected chi connectivity index (χ4v) is 3.57. The zero-order chi connectivity index (χ0) is 11.0. The molecule has 3 heterocycles. The average molecular weight is 224 g/mol. The van der Waals surface area contributed by atoms with Gasteiger partial charge in [-0.1, -0.05) is 0 Å². The van der Waals surface area contributed by atoms with E-state index in [1.165, 1.54) is 45.4 Å². The molecule has 0 radical (unpaired) electrons. The number of hydrogen-bond acceptors (Lipinski definition) is 3. The zero-order valence-corrected chi connectivity index (χ0v) is 10.3. The summed E-state index contributed by atoms with van der Waals surface area (Å²) in [5.41, 5.74) is 0. The van der Waals surface area contributed by atoms with E-state index in [4.69, 9.17) is 4.74 Å². The molecule has 3 rings (SSSR count). The van der Waals surface area contributed by atoms with Gasteiger partial charge in [-0.3, -0.25) is 0 Å². The molecule has 3 aliphatic rings. The highest BCUT2D eigenvalue weighted by Gasteiger charge is 2.34. The van der Waals surface area contributed by atoms with E-state index in [1.54, 1.807) is 0 Å². The molecule has 0 aromatic rings. The molecular weight excluding hydrogens is 200 g/mol. The summed E-state index contributed by atoms with van der Waals surface area (Å²) >= 11 is 0. The lowest BCUT2D eigenvalue weighted by atomic mass is 9.93. The fraction of sp³-hybridized carbons (Fsp3) is 1.00. The van der Waals surface area contributed by atoms with Crippen molar-refractivity contribution in [2.24, 2.45) is 11.8 Å². The Balaban J connectivity index is 1.47. The van der Waals surface area contributed by atoms with Crippen LogP contribution in [0.2, 0.25) is 0 Å². The molecule has 3 aliphatic heterocycles. The van der Waals surface area contributed by atoms with Crippen LogP contribution in [0.5, 0.6) is 0 Å². The minimum atomic E-state index is 0.469. The summed E-state index contributed by atoms with van der Waals surface area (Å²) in [6.07, 6.45) is 4.48. The first-order valence-electron chi connectivity index (χ1n) is 6.90. The first-order chi connectivity index (χ1) is 7.83. The predicted octanol–water partition coefficient (Wildman–Crippen LogP) is 1.10. The van der Waals surface area contributed by atoms with Crippen molar-refractivity contribution >= 4 is 0 Å². The molecule has 92 valence electrons. The molecule has 16 heavy (non-hydrogen) atoms. The van der Waals surface area contributed by atoms with Gasteiger partial charge in [0.2, 0.25) is 0 Å². The summed E-state index contributed by atoms with van der Waals surface area (Å²) in [7, 11) is 0. The molecule has 0 amide bonds. The van der Waals surface area contributed by atoms with Crippen LogP contribution in [-0.4, -0.2) is 49.8 Å². The molecule has 0 aromatic carbocycles. The van der Waals surface area contributed by atoms with E-state index >= 15 is 0 Å². The summed E-state index contributed by atoms with van der Waals surface area (Å²) < 4.78 is 5.62. The van der Waals surface area contributed by atoms with Gasteiger partial charge in [0.15, 0.2) is 0 Å². The van der Waals surface area contributed by atoms with Crippen LogP contribution in [0.15, 0.2) is 0 Å². The normalized spacial score (nSPS) is 47.4. The van der Waals surface area contributed by atoms with Crippen LogP contribution in [0.4, 0.5) is 0 Å². The molecule has 0 aromatic heterocycles. The topological polar surface area (TPSA) is 24.5 Å².